The van der Waals surface area contributed by atoms with Gasteiger partial charge in [-0.3, -0.25) is 0 Å². The van der Waals surface area contributed by atoms with E-state index in [1.165, 1.54) is 0 Å². The molecule has 0 aliphatic heterocycles. The van der Waals surface area contributed by atoms with Gasteiger partial charge in [0.2, 0.25) is 5.82 Å². The number of benzene rings is 2. The highest BCUT2D eigenvalue weighted by Crippen LogP contribution is 2.28. The lowest BCUT2D eigenvalue weighted by Crippen LogP contribution is -2.23. The number of hydrogen-bond donors (Lipinski definition) is 3. The molecule has 3 aromatic rings. The summed E-state index contributed by atoms with van der Waals surface area (Å²) in [7, 11) is 0. The second-order valence-corrected chi connectivity index (χ2v) is 5.56. The highest BCUT2D eigenvalue weighted by molar-refractivity contribution is 5.73. The van der Waals surface area contributed by atoms with Crippen molar-refractivity contribution in [2.24, 2.45) is 0 Å². The van der Waals surface area contributed by atoms with Crippen LogP contribution in [0.25, 0.3) is 22.8 Å². The summed E-state index contributed by atoms with van der Waals surface area (Å²) in [5.74, 6) is 0.923. The van der Waals surface area contributed by atoms with E-state index in [1.54, 1.807) is 0 Å². The van der Waals surface area contributed by atoms with Crippen LogP contribution in [0, 0.1) is 6.92 Å². The Morgan fingerprint density at radius 1 is 1.17 bits per heavy atom. The summed E-state index contributed by atoms with van der Waals surface area (Å²) in [5, 5.41) is 25.6. The van der Waals surface area contributed by atoms with Crippen molar-refractivity contribution in [1.29, 1.82) is 0 Å². The maximum Gasteiger partial charge on any atom is 0.260 e. The molecule has 0 amide bonds. The predicted octanol–water partition coefficient (Wildman–Crippen LogP) is 2.48. The Kier molecular flexibility index (Phi) is 4.88. The Hall–Kier alpha value is -2.70. The molecule has 6 heteroatoms. The topological polar surface area (TPSA) is 91.4 Å². The number of anilines is 1. The molecule has 0 bridgehead atoms. The molecule has 1 unspecified atom stereocenters. The number of nitrogens with one attached hydrogen (secondary N) is 1. The molecule has 0 aliphatic rings. The molecule has 1 aromatic heterocycles. The minimum absolute atomic E-state index is 0.229. The van der Waals surface area contributed by atoms with Gasteiger partial charge in [-0.15, -0.1) is 0 Å². The van der Waals surface area contributed by atoms with Crippen molar-refractivity contribution >= 4 is 5.69 Å². The molecule has 0 fully saturated rings. The zero-order valence-corrected chi connectivity index (χ0v) is 13.3. The molecular formula is C18H19N3O3. The molecule has 0 saturated carbocycles. The van der Waals surface area contributed by atoms with Crippen LogP contribution < -0.4 is 5.32 Å². The van der Waals surface area contributed by atoms with E-state index in [2.05, 4.69) is 15.5 Å². The van der Waals surface area contributed by atoms with Crippen LogP contribution >= 0.6 is 0 Å². The third-order valence-electron chi connectivity index (χ3n) is 3.60. The number of para-hydroxylation sites is 1. The van der Waals surface area contributed by atoms with Crippen molar-refractivity contribution in [3.05, 3.63) is 54.1 Å². The Balaban J connectivity index is 1.87. The predicted molar refractivity (Wildman–Crippen MR) is 91.5 cm³/mol. The van der Waals surface area contributed by atoms with Gasteiger partial charge in [0, 0.05) is 17.8 Å². The van der Waals surface area contributed by atoms with Crippen molar-refractivity contribution in [1.82, 2.24) is 10.1 Å². The fraction of sp³-hybridized carbons (Fsp3) is 0.222. The van der Waals surface area contributed by atoms with Gasteiger partial charge < -0.3 is 20.1 Å². The van der Waals surface area contributed by atoms with Crippen LogP contribution in [0.5, 0.6) is 0 Å². The summed E-state index contributed by atoms with van der Waals surface area (Å²) in [6, 6.07) is 15.4. The van der Waals surface area contributed by atoms with E-state index < -0.39 is 6.10 Å². The number of nitrogens with zero attached hydrogens (tertiary/aromatic N) is 2. The monoisotopic (exact) mass is 325 g/mol. The van der Waals surface area contributed by atoms with Gasteiger partial charge in [0.1, 0.15) is 0 Å². The van der Waals surface area contributed by atoms with E-state index in [0.717, 1.165) is 22.4 Å². The first-order valence-electron chi connectivity index (χ1n) is 7.70. The van der Waals surface area contributed by atoms with Crippen molar-refractivity contribution < 1.29 is 14.7 Å². The van der Waals surface area contributed by atoms with Crippen LogP contribution in [0.3, 0.4) is 0 Å². The summed E-state index contributed by atoms with van der Waals surface area (Å²) in [5.41, 5.74) is 3.52. The van der Waals surface area contributed by atoms with E-state index in [-0.39, 0.29) is 13.2 Å². The van der Waals surface area contributed by atoms with Gasteiger partial charge in [-0.1, -0.05) is 41.1 Å². The largest absolute Gasteiger partial charge is 0.394 e. The molecule has 124 valence electrons. The van der Waals surface area contributed by atoms with Crippen molar-refractivity contribution in [2.75, 3.05) is 18.5 Å². The first kappa shape index (κ1) is 16.2. The van der Waals surface area contributed by atoms with E-state index in [0.29, 0.717) is 11.7 Å². The zero-order valence-electron chi connectivity index (χ0n) is 13.3. The van der Waals surface area contributed by atoms with Gasteiger partial charge >= 0.3 is 0 Å². The minimum Gasteiger partial charge on any atom is -0.394 e. The summed E-state index contributed by atoms with van der Waals surface area (Å²) in [6.07, 6.45) is -0.830. The molecule has 24 heavy (non-hydrogen) atoms. The van der Waals surface area contributed by atoms with Gasteiger partial charge in [-0.05, 0) is 25.1 Å². The van der Waals surface area contributed by atoms with Crippen LogP contribution in [-0.2, 0) is 0 Å². The van der Waals surface area contributed by atoms with Crippen LogP contribution in [0.2, 0.25) is 0 Å². The Morgan fingerprint density at radius 2 is 2.00 bits per heavy atom. The molecule has 2 aromatic carbocycles. The highest BCUT2D eigenvalue weighted by Gasteiger charge is 2.14. The summed E-state index contributed by atoms with van der Waals surface area (Å²) < 4.78 is 5.41. The quantitative estimate of drug-likeness (QED) is 0.645. The van der Waals surface area contributed by atoms with Crippen molar-refractivity contribution in [3.63, 3.8) is 0 Å². The highest BCUT2D eigenvalue weighted by atomic mass is 16.5. The SMILES string of the molecule is Cc1cccc(-c2noc(-c3ccccc3NCC(O)CO)n2)c1. The summed E-state index contributed by atoms with van der Waals surface area (Å²) in [4.78, 5) is 4.47. The maximum absolute atomic E-state index is 9.50. The van der Waals surface area contributed by atoms with E-state index in [9.17, 15) is 5.11 Å². The van der Waals surface area contributed by atoms with Crippen LogP contribution in [0.15, 0.2) is 53.1 Å². The molecule has 6 nitrogen and oxygen atoms in total. The van der Waals surface area contributed by atoms with Gasteiger partial charge in [0.25, 0.3) is 5.89 Å². The average molecular weight is 325 g/mol. The third kappa shape index (κ3) is 3.61. The fourth-order valence-electron chi connectivity index (χ4n) is 2.35. The molecular weight excluding hydrogens is 306 g/mol. The summed E-state index contributed by atoms with van der Waals surface area (Å²) in [6.45, 7) is 1.94. The van der Waals surface area contributed by atoms with Crippen LogP contribution in [-0.4, -0.2) is 39.6 Å². The first-order valence-corrected chi connectivity index (χ1v) is 7.70. The molecule has 0 radical (unpaired) electrons. The Bertz CT molecular complexity index is 817. The van der Waals surface area contributed by atoms with Gasteiger partial charge in [-0.2, -0.15) is 4.98 Å². The average Bonchev–Trinajstić information content (AvgIpc) is 3.10. The van der Waals surface area contributed by atoms with Gasteiger partial charge in [-0.25, -0.2) is 0 Å². The second-order valence-electron chi connectivity index (χ2n) is 5.56. The fourth-order valence-corrected chi connectivity index (χ4v) is 2.35. The zero-order chi connectivity index (χ0) is 16.9. The number of aryl methyl sites for hydroxylation is 1. The lowest BCUT2D eigenvalue weighted by atomic mass is 10.1. The number of hydrogen-bond acceptors (Lipinski definition) is 6. The van der Waals surface area contributed by atoms with Crippen LogP contribution in [0.1, 0.15) is 5.56 Å². The Labute approximate surface area is 139 Å². The number of aliphatic hydroxyl groups is 2. The standard InChI is InChI=1S/C18H19N3O3/c1-12-5-4-6-13(9-12)17-20-18(24-21-17)15-7-2-3-8-16(15)19-10-14(23)11-22/h2-9,14,19,22-23H,10-11H2,1H3. The molecule has 0 aliphatic carbocycles. The van der Waals surface area contributed by atoms with Crippen LogP contribution in [0.4, 0.5) is 5.69 Å². The smallest absolute Gasteiger partial charge is 0.260 e. The number of rotatable bonds is 6. The molecule has 0 saturated heterocycles. The molecule has 3 N–H and O–H groups in total. The maximum atomic E-state index is 9.50. The Morgan fingerprint density at radius 3 is 2.79 bits per heavy atom. The van der Waals surface area contributed by atoms with Crippen molar-refractivity contribution in [3.8, 4) is 22.8 Å². The van der Waals surface area contributed by atoms with E-state index in [1.807, 2.05) is 55.5 Å². The van der Waals surface area contributed by atoms with Gasteiger partial charge in [0.15, 0.2) is 0 Å². The number of aliphatic hydroxyl groups excluding tert-OH is 2. The van der Waals surface area contributed by atoms with Crippen molar-refractivity contribution in [2.45, 2.75) is 13.0 Å². The summed E-state index contributed by atoms with van der Waals surface area (Å²) >= 11 is 0. The molecule has 0 spiro atoms. The number of aromatic nitrogens is 2. The first-order chi connectivity index (χ1) is 11.7. The molecule has 1 heterocycles. The minimum atomic E-state index is -0.830. The lowest BCUT2D eigenvalue weighted by molar-refractivity contribution is 0.105. The lowest BCUT2D eigenvalue weighted by Gasteiger charge is -2.12. The normalized spacial score (nSPS) is 12.1. The molecule has 1 atom stereocenters. The third-order valence-corrected chi connectivity index (χ3v) is 3.60. The van der Waals surface area contributed by atoms with Gasteiger partial charge in [0.05, 0.1) is 18.3 Å². The second kappa shape index (κ2) is 7.25. The van der Waals surface area contributed by atoms with E-state index in [4.69, 9.17) is 9.63 Å². The van der Waals surface area contributed by atoms with E-state index >= 15 is 0 Å². The molecule has 3 rings (SSSR count).